The number of anilines is 1. The summed E-state index contributed by atoms with van der Waals surface area (Å²) in [6.45, 7) is 0.187. The molecule has 0 radical (unpaired) electrons. The van der Waals surface area contributed by atoms with Crippen LogP contribution in [0.5, 0.6) is 5.75 Å². The number of carbonyl (C=O) groups is 2. The van der Waals surface area contributed by atoms with Gasteiger partial charge in [0.2, 0.25) is 0 Å². The van der Waals surface area contributed by atoms with Crippen molar-refractivity contribution in [3.05, 3.63) is 63.5 Å². The van der Waals surface area contributed by atoms with E-state index in [0.29, 0.717) is 11.5 Å². The van der Waals surface area contributed by atoms with Gasteiger partial charge < -0.3 is 14.9 Å². The standard InChI is InChI=1S/C16H12BrN3O4S/c17-9-2-1-3-10(6-9)23-8-11-4-5-12(24-11)15(22)20-16-19-7-13(25-16)14(18)21/h1-7H,8H2,(H2,18,21)(H,19,20,22). The fourth-order valence-electron chi connectivity index (χ4n) is 1.89. The van der Waals surface area contributed by atoms with E-state index in [9.17, 15) is 9.59 Å². The van der Waals surface area contributed by atoms with Gasteiger partial charge in [0.1, 0.15) is 23.0 Å². The van der Waals surface area contributed by atoms with Gasteiger partial charge >= 0.3 is 0 Å². The van der Waals surface area contributed by atoms with Crippen molar-refractivity contribution in [2.75, 3.05) is 5.32 Å². The molecule has 3 aromatic rings. The summed E-state index contributed by atoms with van der Waals surface area (Å²) >= 11 is 4.35. The Morgan fingerprint density at radius 2 is 2.16 bits per heavy atom. The third kappa shape index (κ3) is 4.46. The molecule has 0 unspecified atom stereocenters. The van der Waals surface area contributed by atoms with E-state index in [1.807, 2.05) is 24.3 Å². The van der Waals surface area contributed by atoms with Gasteiger partial charge in [0.15, 0.2) is 10.9 Å². The number of halogens is 1. The fourth-order valence-corrected chi connectivity index (χ4v) is 2.93. The van der Waals surface area contributed by atoms with E-state index in [4.69, 9.17) is 14.9 Å². The molecule has 25 heavy (non-hydrogen) atoms. The average molecular weight is 422 g/mol. The van der Waals surface area contributed by atoms with Crippen LogP contribution in [0.4, 0.5) is 5.13 Å². The number of hydrogen-bond acceptors (Lipinski definition) is 6. The van der Waals surface area contributed by atoms with Crippen molar-refractivity contribution in [3.8, 4) is 5.75 Å². The van der Waals surface area contributed by atoms with E-state index in [2.05, 4.69) is 26.2 Å². The van der Waals surface area contributed by atoms with Crippen LogP contribution in [-0.2, 0) is 6.61 Å². The number of aromatic nitrogens is 1. The summed E-state index contributed by atoms with van der Waals surface area (Å²) in [6.07, 6.45) is 1.31. The number of ether oxygens (including phenoxy) is 1. The number of benzene rings is 1. The first kappa shape index (κ1) is 17.2. The highest BCUT2D eigenvalue weighted by molar-refractivity contribution is 9.10. The molecule has 0 saturated carbocycles. The number of hydrogen-bond donors (Lipinski definition) is 2. The Morgan fingerprint density at radius 1 is 1.32 bits per heavy atom. The van der Waals surface area contributed by atoms with Crippen LogP contribution < -0.4 is 15.8 Å². The van der Waals surface area contributed by atoms with Gasteiger partial charge in [0.05, 0.1) is 6.20 Å². The van der Waals surface area contributed by atoms with E-state index in [-0.39, 0.29) is 22.4 Å². The van der Waals surface area contributed by atoms with Crippen LogP contribution in [0.1, 0.15) is 26.0 Å². The monoisotopic (exact) mass is 421 g/mol. The van der Waals surface area contributed by atoms with Crippen LogP contribution >= 0.6 is 27.3 Å². The maximum absolute atomic E-state index is 12.1. The normalized spacial score (nSPS) is 10.4. The number of primary amides is 1. The lowest BCUT2D eigenvalue weighted by Gasteiger charge is -2.04. The van der Waals surface area contributed by atoms with E-state index in [1.165, 1.54) is 12.3 Å². The minimum Gasteiger partial charge on any atom is -0.486 e. The Bertz CT molecular complexity index is 922. The third-order valence-electron chi connectivity index (χ3n) is 3.03. The molecule has 0 spiro atoms. The van der Waals surface area contributed by atoms with Crippen molar-refractivity contribution >= 4 is 44.2 Å². The van der Waals surface area contributed by atoms with Crippen LogP contribution in [0, 0.1) is 0 Å². The zero-order valence-corrected chi connectivity index (χ0v) is 15.1. The topological polar surface area (TPSA) is 107 Å². The van der Waals surface area contributed by atoms with Crippen LogP contribution in [0.2, 0.25) is 0 Å². The molecule has 0 aliphatic heterocycles. The molecule has 9 heteroatoms. The summed E-state index contributed by atoms with van der Waals surface area (Å²) in [6, 6.07) is 10.6. The Kier molecular flexibility index (Phi) is 5.15. The largest absolute Gasteiger partial charge is 0.486 e. The molecular formula is C16H12BrN3O4S. The molecule has 2 heterocycles. The SMILES string of the molecule is NC(=O)c1cnc(NC(=O)c2ccc(COc3cccc(Br)c3)o2)s1. The lowest BCUT2D eigenvalue weighted by Crippen LogP contribution is -2.10. The predicted molar refractivity (Wildman–Crippen MR) is 95.8 cm³/mol. The van der Waals surface area contributed by atoms with Crippen LogP contribution in [0.15, 0.2) is 51.5 Å². The summed E-state index contributed by atoms with van der Waals surface area (Å²) in [5.74, 6) is 0.228. The number of amides is 2. The maximum atomic E-state index is 12.1. The molecule has 1 aromatic carbocycles. The molecule has 0 saturated heterocycles. The van der Waals surface area contributed by atoms with E-state index in [0.717, 1.165) is 15.8 Å². The van der Waals surface area contributed by atoms with Crippen LogP contribution in [0.3, 0.4) is 0 Å². The summed E-state index contributed by atoms with van der Waals surface area (Å²) in [4.78, 5) is 27.3. The zero-order valence-electron chi connectivity index (χ0n) is 12.7. The quantitative estimate of drug-likeness (QED) is 0.633. The Hall–Kier alpha value is -2.65. The number of thiazole rings is 1. The van der Waals surface area contributed by atoms with Gasteiger partial charge in [-0.15, -0.1) is 0 Å². The number of nitrogens with two attached hydrogens (primary N) is 1. The molecule has 0 bridgehead atoms. The summed E-state index contributed by atoms with van der Waals surface area (Å²) < 4.78 is 12.0. The smallest absolute Gasteiger partial charge is 0.293 e. The molecule has 0 aliphatic carbocycles. The average Bonchev–Trinajstić information content (AvgIpc) is 3.22. The Balaban J connectivity index is 1.60. The van der Waals surface area contributed by atoms with Gasteiger partial charge in [0.25, 0.3) is 11.8 Å². The van der Waals surface area contributed by atoms with Crippen molar-refractivity contribution in [3.63, 3.8) is 0 Å². The second kappa shape index (κ2) is 7.49. The second-order valence-electron chi connectivity index (χ2n) is 4.86. The van der Waals surface area contributed by atoms with Gasteiger partial charge in [-0.1, -0.05) is 33.3 Å². The summed E-state index contributed by atoms with van der Waals surface area (Å²) in [7, 11) is 0. The van der Waals surface area contributed by atoms with Crippen molar-refractivity contribution in [2.24, 2.45) is 5.73 Å². The van der Waals surface area contributed by atoms with Crippen molar-refractivity contribution < 1.29 is 18.7 Å². The minimum atomic E-state index is -0.594. The summed E-state index contributed by atoms with van der Waals surface area (Å²) in [5.41, 5.74) is 5.15. The highest BCUT2D eigenvalue weighted by Crippen LogP contribution is 2.21. The highest BCUT2D eigenvalue weighted by Gasteiger charge is 2.15. The first-order valence-corrected chi connectivity index (χ1v) is 8.66. The number of nitrogens with one attached hydrogen (secondary N) is 1. The lowest BCUT2D eigenvalue weighted by atomic mass is 10.3. The Morgan fingerprint density at radius 3 is 2.88 bits per heavy atom. The molecule has 2 amide bonds. The molecule has 128 valence electrons. The maximum Gasteiger partial charge on any atom is 0.293 e. The molecular weight excluding hydrogens is 410 g/mol. The van der Waals surface area contributed by atoms with Crippen molar-refractivity contribution in [1.82, 2.24) is 4.98 Å². The highest BCUT2D eigenvalue weighted by atomic mass is 79.9. The van der Waals surface area contributed by atoms with Gasteiger partial charge in [0, 0.05) is 4.47 Å². The summed E-state index contributed by atoms with van der Waals surface area (Å²) in [5, 5.41) is 2.81. The number of nitrogens with zero attached hydrogens (tertiary/aromatic N) is 1. The molecule has 0 atom stereocenters. The molecule has 7 nitrogen and oxygen atoms in total. The molecule has 0 aliphatic rings. The number of carbonyl (C=O) groups excluding carboxylic acids is 2. The predicted octanol–water partition coefficient (Wildman–Crippen LogP) is 3.43. The lowest BCUT2D eigenvalue weighted by molar-refractivity contribution is 0.0988. The second-order valence-corrected chi connectivity index (χ2v) is 6.81. The van der Waals surface area contributed by atoms with Crippen LogP contribution in [-0.4, -0.2) is 16.8 Å². The molecule has 3 N–H and O–H groups in total. The Labute approximate surface area is 154 Å². The van der Waals surface area contributed by atoms with E-state index < -0.39 is 11.8 Å². The van der Waals surface area contributed by atoms with Crippen molar-refractivity contribution in [1.29, 1.82) is 0 Å². The zero-order chi connectivity index (χ0) is 17.8. The molecule has 2 aromatic heterocycles. The van der Waals surface area contributed by atoms with Crippen molar-refractivity contribution in [2.45, 2.75) is 6.61 Å². The minimum absolute atomic E-state index is 0.115. The van der Waals surface area contributed by atoms with E-state index >= 15 is 0 Å². The molecule has 3 rings (SSSR count). The first-order chi connectivity index (χ1) is 12.0. The van der Waals surface area contributed by atoms with Gasteiger partial charge in [-0.3, -0.25) is 14.9 Å². The number of furan rings is 1. The van der Waals surface area contributed by atoms with Gasteiger partial charge in [-0.05, 0) is 30.3 Å². The number of rotatable bonds is 6. The van der Waals surface area contributed by atoms with Crippen LogP contribution in [0.25, 0.3) is 0 Å². The van der Waals surface area contributed by atoms with Gasteiger partial charge in [-0.2, -0.15) is 0 Å². The fraction of sp³-hybridized carbons (Fsp3) is 0.0625. The first-order valence-electron chi connectivity index (χ1n) is 7.05. The molecule has 0 fully saturated rings. The third-order valence-corrected chi connectivity index (χ3v) is 4.45. The van der Waals surface area contributed by atoms with E-state index in [1.54, 1.807) is 6.07 Å². The van der Waals surface area contributed by atoms with Gasteiger partial charge in [-0.25, -0.2) is 4.98 Å².